The van der Waals surface area contributed by atoms with Gasteiger partial charge in [0.1, 0.15) is 23.4 Å². The molecule has 0 unspecified atom stereocenters. The molecule has 1 aliphatic heterocycles. The van der Waals surface area contributed by atoms with Crippen LogP contribution < -0.4 is 16.1 Å². The lowest BCUT2D eigenvalue weighted by atomic mass is 10.1. The van der Waals surface area contributed by atoms with E-state index in [1.807, 2.05) is 0 Å². The van der Waals surface area contributed by atoms with Crippen LogP contribution in [0.3, 0.4) is 0 Å². The zero-order valence-corrected chi connectivity index (χ0v) is 14.7. The molecule has 9 nitrogen and oxygen atoms in total. The second-order valence-corrected chi connectivity index (χ2v) is 6.23. The molecule has 0 fully saturated rings. The number of nitrogens with two attached hydrogens (primary N) is 1. The van der Waals surface area contributed by atoms with Gasteiger partial charge in [0, 0.05) is 11.5 Å². The summed E-state index contributed by atoms with van der Waals surface area (Å²) in [6.07, 6.45) is 0. The predicted octanol–water partition coefficient (Wildman–Crippen LogP) is 1.09. The van der Waals surface area contributed by atoms with Gasteiger partial charge in [-0.25, -0.2) is 9.59 Å². The number of nitrogens with zero attached hydrogens (tertiary/aromatic N) is 1. The van der Waals surface area contributed by atoms with Crippen LogP contribution in [0.4, 0.5) is 0 Å². The van der Waals surface area contributed by atoms with E-state index in [2.05, 4.69) is 0 Å². The molecular formula is C20H12N2O7. The van der Waals surface area contributed by atoms with Crippen LogP contribution in [-0.2, 0) is 4.79 Å². The van der Waals surface area contributed by atoms with Crippen molar-refractivity contribution in [3.63, 3.8) is 0 Å². The standard InChI is InChI=1S/C20H12N2O7/c21-17(24)14-7-10-5-6-11(8-15(10)29-20(14)27)28-16(23)9-22-18(25)12-3-1-2-4-13(12)19(22)26/h1-8H,9H2,(H2,21,24). The van der Waals surface area contributed by atoms with Crippen molar-refractivity contribution in [3.05, 3.63) is 75.6 Å². The van der Waals surface area contributed by atoms with Crippen molar-refractivity contribution in [1.29, 1.82) is 0 Å². The van der Waals surface area contributed by atoms with Crippen LogP contribution in [0.2, 0.25) is 0 Å². The van der Waals surface area contributed by atoms with Crippen LogP contribution in [0.5, 0.6) is 5.75 Å². The second-order valence-electron chi connectivity index (χ2n) is 6.23. The lowest BCUT2D eigenvalue weighted by Crippen LogP contribution is -2.36. The molecule has 0 radical (unpaired) electrons. The number of primary amides is 1. The molecule has 0 aliphatic carbocycles. The van der Waals surface area contributed by atoms with Gasteiger partial charge in [-0.05, 0) is 30.3 Å². The van der Waals surface area contributed by atoms with Gasteiger partial charge in [-0.3, -0.25) is 19.3 Å². The summed E-state index contributed by atoms with van der Waals surface area (Å²) in [4.78, 5) is 60.6. The van der Waals surface area contributed by atoms with Crippen LogP contribution in [0.25, 0.3) is 11.0 Å². The minimum atomic E-state index is -0.919. The van der Waals surface area contributed by atoms with Crippen molar-refractivity contribution in [3.8, 4) is 5.75 Å². The fourth-order valence-electron chi connectivity index (χ4n) is 3.00. The lowest BCUT2D eigenvalue weighted by Gasteiger charge is -2.13. The highest BCUT2D eigenvalue weighted by molar-refractivity contribution is 6.22. The fourth-order valence-corrected chi connectivity index (χ4v) is 3.00. The molecule has 0 spiro atoms. The van der Waals surface area contributed by atoms with E-state index >= 15 is 0 Å². The Balaban J connectivity index is 1.53. The van der Waals surface area contributed by atoms with E-state index in [1.165, 1.54) is 36.4 Å². The quantitative estimate of drug-likeness (QED) is 0.304. The number of fused-ring (bicyclic) bond motifs is 2. The zero-order valence-electron chi connectivity index (χ0n) is 14.7. The summed E-state index contributed by atoms with van der Waals surface area (Å²) in [6, 6.07) is 11.7. The Bertz CT molecular complexity index is 1240. The molecule has 2 heterocycles. The summed E-state index contributed by atoms with van der Waals surface area (Å²) >= 11 is 0. The molecule has 29 heavy (non-hydrogen) atoms. The van der Waals surface area contributed by atoms with Gasteiger partial charge in [0.15, 0.2) is 0 Å². The molecule has 144 valence electrons. The number of carbonyl (C=O) groups is 4. The minimum Gasteiger partial charge on any atom is -0.425 e. The van der Waals surface area contributed by atoms with Crippen molar-refractivity contribution in [2.45, 2.75) is 0 Å². The van der Waals surface area contributed by atoms with Gasteiger partial charge in [-0.1, -0.05) is 12.1 Å². The van der Waals surface area contributed by atoms with E-state index in [0.717, 1.165) is 4.90 Å². The fraction of sp³-hybridized carbons (Fsp3) is 0.0500. The summed E-state index contributed by atoms with van der Waals surface area (Å²) in [5.74, 6) is -2.89. The monoisotopic (exact) mass is 392 g/mol. The smallest absolute Gasteiger partial charge is 0.349 e. The van der Waals surface area contributed by atoms with Gasteiger partial charge in [0.25, 0.3) is 17.7 Å². The number of hydrogen-bond donors (Lipinski definition) is 1. The molecule has 4 rings (SSSR count). The zero-order chi connectivity index (χ0) is 20.7. The molecule has 2 N–H and O–H groups in total. The number of carbonyl (C=O) groups excluding carboxylic acids is 4. The van der Waals surface area contributed by atoms with Crippen LogP contribution in [0.1, 0.15) is 31.1 Å². The maximum atomic E-state index is 12.3. The van der Waals surface area contributed by atoms with Crippen molar-refractivity contribution in [1.82, 2.24) is 4.90 Å². The Kier molecular flexibility index (Phi) is 4.19. The number of benzene rings is 2. The first-order valence-corrected chi connectivity index (χ1v) is 8.39. The molecule has 3 amide bonds. The molecule has 0 bridgehead atoms. The van der Waals surface area contributed by atoms with Gasteiger partial charge < -0.3 is 14.9 Å². The number of amides is 3. The number of esters is 1. The van der Waals surface area contributed by atoms with Crippen LogP contribution >= 0.6 is 0 Å². The predicted molar refractivity (Wildman–Crippen MR) is 98.4 cm³/mol. The van der Waals surface area contributed by atoms with E-state index in [-0.39, 0.29) is 28.0 Å². The maximum absolute atomic E-state index is 12.3. The van der Waals surface area contributed by atoms with Crippen LogP contribution in [0, 0.1) is 0 Å². The third-order valence-electron chi connectivity index (χ3n) is 4.37. The van der Waals surface area contributed by atoms with Gasteiger partial charge in [-0.15, -0.1) is 0 Å². The molecule has 1 aliphatic rings. The summed E-state index contributed by atoms with van der Waals surface area (Å²) < 4.78 is 10.2. The molecule has 0 atom stereocenters. The second kappa shape index (κ2) is 6.71. The van der Waals surface area contributed by atoms with Gasteiger partial charge >= 0.3 is 11.6 Å². The van der Waals surface area contributed by atoms with E-state index in [0.29, 0.717) is 5.39 Å². The largest absolute Gasteiger partial charge is 0.425 e. The number of rotatable bonds is 4. The van der Waals surface area contributed by atoms with E-state index < -0.39 is 35.9 Å². The first-order valence-electron chi connectivity index (χ1n) is 8.39. The Morgan fingerprint density at radius 1 is 0.966 bits per heavy atom. The molecule has 1 aromatic heterocycles. The van der Waals surface area contributed by atoms with Gasteiger partial charge in [0.2, 0.25) is 0 Å². The summed E-state index contributed by atoms with van der Waals surface area (Å²) in [7, 11) is 0. The third kappa shape index (κ3) is 3.14. The van der Waals surface area contributed by atoms with Crippen molar-refractivity contribution in [2.24, 2.45) is 5.73 Å². The molecule has 0 saturated heterocycles. The minimum absolute atomic E-state index is 0.0362. The first-order chi connectivity index (χ1) is 13.8. The van der Waals surface area contributed by atoms with Crippen molar-refractivity contribution >= 4 is 34.7 Å². The lowest BCUT2D eigenvalue weighted by molar-refractivity contribution is -0.134. The highest BCUT2D eigenvalue weighted by Gasteiger charge is 2.36. The van der Waals surface area contributed by atoms with Gasteiger partial charge in [0.05, 0.1) is 11.1 Å². The topological polar surface area (TPSA) is 137 Å². The summed E-state index contributed by atoms with van der Waals surface area (Å²) in [5, 5.41) is 0.401. The van der Waals surface area contributed by atoms with Crippen molar-refractivity contribution < 1.29 is 28.3 Å². The average Bonchev–Trinajstić information content (AvgIpc) is 2.92. The highest BCUT2D eigenvalue weighted by atomic mass is 16.5. The van der Waals surface area contributed by atoms with E-state index in [9.17, 15) is 24.0 Å². The Labute approximate surface area is 162 Å². The highest BCUT2D eigenvalue weighted by Crippen LogP contribution is 2.23. The third-order valence-corrected chi connectivity index (χ3v) is 4.37. The van der Waals surface area contributed by atoms with E-state index in [4.69, 9.17) is 14.9 Å². The van der Waals surface area contributed by atoms with Crippen molar-refractivity contribution in [2.75, 3.05) is 6.54 Å². The molecule has 9 heteroatoms. The molecular weight excluding hydrogens is 380 g/mol. The molecule has 2 aromatic carbocycles. The van der Waals surface area contributed by atoms with Crippen LogP contribution in [0.15, 0.2) is 57.7 Å². The Hall–Kier alpha value is -4.27. The number of hydrogen-bond acceptors (Lipinski definition) is 7. The number of imide groups is 1. The normalized spacial score (nSPS) is 12.9. The Morgan fingerprint density at radius 2 is 1.62 bits per heavy atom. The van der Waals surface area contributed by atoms with Gasteiger partial charge in [-0.2, -0.15) is 0 Å². The maximum Gasteiger partial charge on any atom is 0.349 e. The number of ether oxygens (including phenoxy) is 1. The van der Waals surface area contributed by atoms with E-state index in [1.54, 1.807) is 12.1 Å². The summed E-state index contributed by atoms with van der Waals surface area (Å²) in [6.45, 7) is -0.574. The first kappa shape index (κ1) is 18.1. The van der Waals surface area contributed by atoms with Crippen LogP contribution in [-0.4, -0.2) is 35.1 Å². The SMILES string of the molecule is NC(=O)c1cc2ccc(OC(=O)CN3C(=O)c4ccccc4C3=O)cc2oc1=O. The average molecular weight is 392 g/mol. The Morgan fingerprint density at radius 3 is 2.24 bits per heavy atom. The summed E-state index contributed by atoms with van der Waals surface area (Å²) in [5.41, 5.74) is 4.42. The molecule has 3 aromatic rings. The molecule has 0 saturated carbocycles.